The molecule has 2 atom stereocenters. The molecular weight excluding hydrogens is 392 g/mol. The van der Waals surface area contributed by atoms with Gasteiger partial charge in [0.2, 0.25) is 5.91 Å². The minimum absolute atomic E-state index is 0. The summed E-state index contributed by atoms with van der Waals surface area (Å²) in [6, 6.07) is 16.8. The molecule has 0 saturated carbocycles. The zero-order chi connectivity index (χ0) is 16.2. The molecule has 2 N–H and O–H groups in total. The molecule has 1 aliphatic heterocycles. The van der Waals surface area contributed by atoms with Gasteiger partial charge in [0.15, 0.2) is 0 Å². The molecule has 24 heavy (non-hydrogen) atoms. The molecule has 2 aromatic rings. The lowest BCUT2D eigenvalue weighted by Gasteiger charge is -2.34. The molecule has 0 radical (unpaired) electrons. The van der Waals surface area contributed by atoms with Crippen molar-refractivity contribution in [3.8, 4) is 0 Å². The van der Waals surface area contributed by atoms with Crippen molar-refractivity contribution in [3.05, 3.63) is 70.2 Å². The van der Waals surface area contributed by atoms with Gasteiger partial charge in [-0.15, -0.1) is 12.4 Å². The van der Waals surface area contributed by atoms with Crippen LogP contribution in [0.1, 0.15) is 23.3 Å². The first kappa shape index (κ1) is 18.9. The first-order valence-electron chi connectivity index (χ1n) is 7.61. The molecule has 3 rings (SSSR count). The van der Waals surface area contributed by atoms with Crippen LogP contribution in [0.4, 0.5) is 0 Å². The Hall–Kier alpha value is -1.40. The maximum Gasteiger partial charge on any atom is 0.244 e. The van der Waals surface area contributed by atoms with Gasteiger partial charge in [-0.2, -0.15) is 0 Å². The highest BCUT2D eigenvalue weighted by molar-refractivity contribution is 9.10. The number of ether oxygens (including phenoxy) is 1. The Morgan fingerprint density at radius 3 is 2.50 bits per heavy atom. The molecule has 0 bridgehead atoms. The topological polar surface area (TPSA) is 55.6 Å². The molecule has 2 aromatic carbocycles. The van der Waals surface area contributed by atoms with Crippen molar-refractivity contribution in [3.63, 3.8) is 0 Å². The summed E-state index contributed by atoms with van der Waals surface area (Å²) in [4.78, 5) is 14.5. The highest BCUT2D eigenvalue weighted by Gasteiger charge is 2.29. The van der Waals surface area contributed by atoms with Crippen LogP contribution in [0.3, 0.4) is 0 Å². The molecule has 2 unspecified atom stereocenters. The van der Waals surface area contributed by atoms with Crippen molar-refractivity contribution >= 4 is 34.2 Å². The van der Waals surface area contributed by atoms with Crippen molar-refractivity contribution in [1.82, 2.24) is 4.90 Å². The molecular formula is C18H20BrClN2O2. The predicted octanol–water partition coefficient (Wildman–Crippen LogP) is 3.47. The Bertz CT molecular complexity index is 666. The van der Waals surface area contributed by atoms with Crippen LogP contribution in [0.2, 0.25) is 0 Å². The minimum Gasteiger partial charge on any atom is -0.370 e. The number of nitrogens with two attached hydrogens (primary N) is 1. The Balaban J connectivity index is 0.00000208. The Kier molecular flexibility index (Phi) is 6.80. The standard InChI is InChI=1S/C18H19BrN2O2.ClH/c19-15-8-6-13(7-9-15)16-12-21(10-11-23-16)18(22)17(20)14-4-2-1-3-5-14;/h1-9,16-17H,10-12,20H2;1H. The van der Waals surface area contributed by atoms with Crippen molar-refractivity contribution in [1.29, 1.82) is 0 Å². The van der Waals surface area contributed by atoms with E-state index in [4.69, 9.17) is 10.5 Å². The van der Waals surface area contributed by atoms with E-state index in [1.54, 1.807) is 4.90 Å². The molecule has 0 aliphatic carbocycles. The number of carbonyl (C=O) groups is 1. The number of rotatable bonds is 3. The van der Waals surface area contributed by atoms with Crippen molar-refractivity contribution in [2.24, 2.45) is 5.73 Å². The third kappa shape index (κ3) is 4.36. The average molecular weight is 412 g/mol. The zero-order valence-corrected chi connectivity index (χ0v) is 15.5. The van der Waals surface area contributed by atoms with Gasteiger partial charge < -0.3 is 15.4 Å². The summed E-state index contributed by atoms with van der Waals surface area (Å²) in [5.74, 6) is -0.0541. The van der Waals surface area contributed by atoms with E-state index in [0.29, 0.717) is 19.7 Å². The van der Waals surface area contributed by atoms with E-state index in [1.165, 1.54) is 0 Å². The van der Waals surface area contributed by atoms with Crippen LogP contribution in [0.5, 0.6) is 0 Å². The number of amides is 1. The zero-order valence-electron chi connectivity index (χ0n) is 13.1. The van der Waals surface area contributed by atoms with Gasteiger partial charge in [-0.3, -0.25) is 4.79 Å². The van der Waals surface area contributed by atoms with Gasteiger partial charge in [0, 0.05) is 11.0 Å². The fraction of sp³-hybridized carbons (Fsp3) is 0.278. The quantitative estimate of drug-likeness (QED) is 0.841. The fourth-order valence-corrected chi connectivity index (χ4v) is 2.99. The maximum atomic E-state index is 12.7. The largest absolute Gasteiger partial charge is 0.370 e. The molecule has 4 nitrogen and oxygen atoms in total. The number of carbonyl (C=O) groups excluding carboxylic acids is 1. The highest BCUT2D eigenvalue weighted by Crippen LogP contribution is 2.25. The van der Waals surface area contributed by atoms with E-state index in [-0.39, 0.29) is 24.4 Å². The van der Waals surface area contributed by atoms with E-state index in [9.17, 15) is 4.79 Å². The molecule has 0 aromatic heterocycles. The van der Waals surface area contributed by atoms with E-state index >= 15 is 0 Å². The highest BCUT2D eigenvalue weighted by atomic mass is 79.9. The first-order valence-corrected chi connectivity index (χ1v) is 8.41. The summed E-state index contributed by atoms with van der Waals surface area (Å²) < 4.78 is 6.84. The number of benzene rings is 2. The number of halogens is 2. The van der Waals surface area contributed by atoms with Gasteiger partial charge in [-0.1, -0.05) is 58.4 Å². The lowest BCUT2D eigenvalue weighted by Crippen LogP contribution is -2.46. The van der Waals surface area contributed by atoms with Crippen LogP contribution in [0.25, 0.3) is 0 Å². The molecule has 1 amide bonds. The monoisotopic (exact) mass is 410 g/mol. The average Bonchev–Trinajstić information content (AvgIpc) is 2.62. The second-order valence-electron chi connectivity index (χ2n) is 5.58. The van der Waals surface area contributed by atoms with E-state index in [1.807, 2.05) is 54.6 Å². The summed E-state index contributed by atoms with van der Waals surface area (Å²) in [7, 11) is 0. The van der Waals surface area contributed by atoms with E-state index < -0.39 is 6.04 Å². The van der Waals surface area contributed by atoms with Crippen LogP contribution in [0, 0.1) is 0 Å². The van der Waals surface area contributed by atoms with Crippen LogP contribution in [0.15, 0.2) is 59.1 Å². The molecule has 0 spiro atoms. The lowest BCUT2D eigenvalue weighted by molar-refractivity contribution is -0.140. The molecule has 1 saturated heterocycles. The van der Waals surface area contributed by atoms with E-state index in [2.05, 4.69) is 15.9 Å². The van der Waals surface area contributed by atoms with Crippen molar-refractivity contribution in [2.75, 3.05) is 19.7 Å². The minimum atomic E-state index is -0.625. The summed E-state index contributed by atoms with van der Waals surface area (Å²) >= 11 is 3.43. The summed E-state index contributed by atoms with van der Waals surface area (Å²) in [6.45, 7) is 1.63. The van der Waals surface area contributed by atoms with Gasteiger partial charge >= 0.3 is 0 Å². The van der Waals surface area contributed by atoms with E-state index in [0.717, 1.165) is 15.6 Å². The number of hydrogen-bond donors (Lipinski definition) is 1. The van der Waals surface area contributed by atoms with Gasteiger partial charge in [-0.25, -0.2) is 0 Å². The van der Waals surface area contributed by atoms with Crippen LogP contribution >= 0.6 is 28.3 Å². The molecule has 1 fully saturated rings. The number of nitrogens with zero attached hydrogens (tertiary/aromatic N) is 1. The molecule has 1 heterocycles. The van der Waals surface area contributed by atoms with Gasteiger partial charge in [-0.05, 0) is 23.3 Å². The summed E-state index contributed by atoms with van der Waals surface area (Å²) in [5, 5.41) is 0. The molecule has 1 aliphatic rings. The molecule has 6 heteroatoms. The first-order chi connectivity index (χ1) is 11.1. The Morgan fingerprint density at radius 1 is 1.17 bits per heavy atom. The smallest absolute Gasteiger partial charge is 0.244 e. The third-order valence-electron chi connectivity index (χ3n) is 4.04. The maximum absolute atomic E-state index is 12.7. The summed E-state index contributed by atoms with van der Waals surface area (Å²) in [6.07, 6.45) is -0.108. The number of hydrogen-bond acceptors (Lipinski definition) is 3. The van der Waals surface area contributed by atoms with Crippen molar-refractivity contribution < 1.29 is 9.53 Å². The number of morpholine rings is 1. The van der Waals surface area contributed by atoms with Crippen molar-refractivity contribution in [2.45, 2.75) is 12.1 Å². The van der Waals surface area contributed by atoms with Gasteiger partial charge in [0.1, 0.15) is 12.1 Å². The Labute approximate surface area is 156 Å². The molecule has 128 valence electrons. The second kappa shape index (κ2) is 8.62. The normalized spacial score (nSPS) is 18.6. The Morgan fingerprint density at radius 2 is 1.83 bits per heavy atom. The van der Waals surface area contributed by atoms with Crippen LogP contribution in [-0.2, 0) is 9.53 Å². The summed E-state index contributed by atoms with van der Waals surface area (Å²) in [5.41, 5.74) is 8.04. The second-order valence-corrected chi connectivity index (χ2v) is 6.50. The SMILES string of the molecule is Cl.NC(C(=O)N1CCOC(c2ccc(Br)cc2)C1)c1ccccc1. The third-order valence-corrected chi connectivity index (χ3v) is 4.57. The van der Waals surface area contributed by atoms with Crippen LogP contribution in [-0.4, -0.2) is 30.5 Å². The lowest BCUT2D eigenvalue weighted by atomic mass is 10.0. The van der Waals surface area contributed by atoms with Gasteiger partial charge in [0.05, 0.1) is 13.2 Å². The fourth-order valence-electron chi connectivity index (χ4n) is 2.73. The predicted molar refractivity (Wildman–Crippen MR) is 100 cm³/mol. The van der Waals surface area contributed by atoms with Gasteiger partial charge in [0.25, 0.3) is 0 Å². The van der Waals surface area contributed by atoms with Crippen LogP contribution < -0.4 is 5.73 Å².